The zero-order chi connectivity index (χ0) is 11.1. The first-order chi connectivity index (χ1) is 7.27. The molecule has 0 bridgehead atoms. The van der Waals surface area contributed by atoms with Gasteiger partial charge in [-0.05, 0) is 18.1 Å². The molecule has 1 rings (SSSR count). The van der Waals surface area contributed by atoms with Crippen LogP contribution in [0.15, 0.2) is 29.8 Å². The summed E-state index contributed by atoms with van der Waals surface area (Å²) in [5.74, 6) is -0.220. The van der Waals surface area contributed by atoms with Crippen LogP contribution < -0.4 is 0 Å². The fourth-order valence-corrected chi connectivity index (χ4v) is 1.28. The number of hydrogen-bond acceptors (Lipinski definition) is 4. The van der Waals surface area contributed by atoms with Crippen molar-refractivity contribution in [2.45, 2.75) is 12.3 Å². The number of nitroso groups, excluding NO2 is 1. The highest BCUT2D eigenvalue weighted by molar-refractivity contribution is 5.61. The Balaban J connectivity index is 2.57. The molecule has 0 aliphatic rings. The normalized spacial score (nSPS) is 11.8. The summed E-state index contributed by atoms with van der Waals surface area (Å²) in [6.07, 6.45) is 4.75. The van der Waals surface area contributed by atoms with E-state index in [1.54, 1.807) is 25.5 Å². The zero-order valence-corrected chi connectivity index (χ0v) is 8.54. The lowest BCUT2D eigenvalue weighted by atomic mass is 9.99. The summed E-state index contributed by atoms with van der Waals surface area (Å²) in [5, 5.41) is 4.01. The van der Waals surface area contributed by atoms with Gasteiger partial charge in [-0.3, -0.25) is 9.99 Å². The molecule has 5 nitrogen and oxygen atoms in total. The van der Waals surface area contributed by atoms with Gasteiger partial charge in [-0.2, -0.15) is 0 Å². The van der Waals surface area contributed by atoms with E-state index in [1.807, 2.05) is 6.07 Å². The molecular formula is C10H13N3O2. The lowest BCUT2D eigenvalue weighted by molar-refractivity contribution is -0.109. The standard InChI is InChI=1S/C10H13N3O2/c1-13(12-15)6-4-10(8-14)9-3-2-5-11-7-9/h2-3,5,7-8,10H,4,6H2,1H3. The Hall–Kier alpha value is -1.78. The Bertz CT molecular complexity index is 316. The Morgan fingerprint density at radius 2 is 2.47 bits per heavy atom. The lowest BCUT2D eigenvalue weighted by Gasteiger charge is -2.12. The predicted molar refractivity (Wildman–Crippen MR) is 56.1 cm³/mol. The van der Waals surface area contributed by atoms with Gasteiger partial charge in [0.2, 0.25) is 0 Å². The number of aromatic nitrogens is 1. The minimum absolute atomic E-state index is 0.220. The van der Waals surface area contributed by atoms with Crippen LogP contribution in [-0.4, -0.2) is 29.9 Å². The Morgan fingerprint density at radius 3 is 3.00 bits per heavy atom. The van der Waals surface area contributed by atoms with Crippen LogP contribution in [0.25, 0.3) is 0 Å². The molecule has 0 aliphatic heterocycles. The van der Waals surface area contributed by atoms with Crippen LogP contribution in [0.2, 0.25) is 0 Å². The molecule has 0 aromatic carbocycles. The summed E-state index contributed by atoms with van der Waals surface area (Å²) in [6, 6.07) is 3.63. The molecular weight excluding hydrogens is 194 g/mol. The molecule has 1 atom stereocenters. The van der Waals surface area contributed by atoms with Gasteiger partial charge in [0, 0.05) is 31.9 Å². The second kappa shape index (κ2) is 5.85. The van der Waals surface area contributed by atoms with E-state index < -0.39 is 0 Å². The summed E-state index contributed by atoms with van der Waals surface area (Å²) in [5.41, 5.74) is 0.867. The third-order valence-electron chi connectivity index (χ3n) is 2.18. The van der Waals surface area contributed by atoms with Crippen molar-refractivity contribution in [1.29, 1.82) is 0 Å². The molecule has 1 unspecified atom stereocenters. The monoisotopic (exact) mass is 207 g/mol. The maximum Gasteiger partial charge on any atom is 0.127 e. The summed E-state index contributed by atoms with van der Waals surface area (Å²) < 4.78 is 0. The minimum atomic E-state index is -0.220. The van der Waals surface area contributed by atoms with Gasteiger partial charge >= 0.3 is 0 Å². The Morgan fingerprint density at radius 1 is 1.67 bits per heavy atom. The summed E-state index contributed by atoms with van der Waals surface area (Å²) in [6.45, 7) is 0.460. The van der Waals surface area contributed by atoms with E-state index in [-0.39, 0.29) is 5.92 Å². The third-order valence-corrected chi connectivity index (χ3v) is 2.18. The van der Waals surface area contributed by atoms with E-state index in [4.69, 9.17) is 0 Å². The van der Waals surface area contributed by atoms with Crippen molar-refractivity contribution < 1.29 is 4.79 Å². The molecule has 0 fully saturated rings. The van der Waals surface area contributed by atoms with Gasteiger partial charge in [0.1, 0.15) is 6.29 Å². The highest BCUT2D eigenvalue weighted by atomic mass is 16.3. The van der Waals surface area contributed by atoms with E-state index in [1.165, 1.54) is 5.01 Å². The maximum absolute atomic E-state index is 10.9. The Labute approximate surface area is 88.1 Å². The first kappa shape index (κ1) is 11.3. The molecule has 0 saturated heterocycles. The van der Waals surface area contributed by atoms with Gasteiger partial charge in [0.05, 0.1) is 5.29 Å². The van der Waals surface area contributed by atoms with Crippen molar-refractivity contribution in [2.75, 3.05) is 13.6 Å². The smallest absolute Gasteiger partial charge is 0.127 e. The van der Waals surface area contributed by atoms with E-state index in [9.17, 15) is 9.70 Å². The minimum Gasteiger partial charge on any atom is -0.303 e. The van der Waals surface area contributed by atoms with Gasteiger partial charge < -0.3 is 4.79 Å². The molecule has 5 heteroatoms. The van der Waals surface area contributed by atoms with Gasteiger partial charge in [-0.25, -0.2) is 0 Å². The number of hydrogen-bond donors (Lipinski definition) is 0. The van der Waals surface area contributed by atoms with Gasteiger partial charge in [0.15, 0.2) is 0 Å². The molecule has 80 valence electrons. The van der Waals surface area contributed by atoms with Crippen molar-refractivity contribution >= 4 is 6.29 Å². The average Bonchev–Trinajstić information content (AvgIpc) is 2.31. The van der Waals surface area contributed by atoms with Crippen molar-refractivity contribution in [2.24, 2.45) is 5.29 Å². The maximum atomic E-state index is 10.9. The molecule has 0 radical (unpaired) electrons. The molecule has 0 N–H and O–H groups in total. The molecule has 1 heterocycles. The SMILES string of the molecule is CN(CCC(C=O)c1cccnc1)N=O. The van der Waals surface area contributed by atoms with Crippen LogP contribution in [0.3, 0.4) is 0 Å². The average molecular weight is 207 g/mol. The third kappa shape index (κ3) is 3.46. The summed E-state index contributed by atoms with van der Waals surface area (Å²) >= 11 is 0. The quantitative estimate of drug-likeness (QED) is 0.401. The topological polar surface area (TPSA) is 62.6 Å². The summed E-state index contributed by atoms with van der Waals surface area (Å²) in [4.78, 5) is 24.9. The number of aldehydes is 1. The predicted octanol–water partition coefficient (Wildman–Crippen LogP) is 1.37. The van der Waals surface area contributed by atoms with E-state index in [0.29, 0.717) is 13.0 Å². The highest BCUT2D eigenvalue weighted by Gasteiger charge is 2.11. The number of carbonyl (C=O) groups is 1. The van der Waals surface area contributed by atoms with Gasteiger partial charge in [-0.1, -0.05) is 6.07 Å². The first-order valence-electron chi connectivity index (χ1n) is 4.67. The number of pyridine rings is 1. The van der Waals surface area contributed by atoms with Crippen LogP contribution in [0.5, 0.6) is 0 Å². The lowest BCUT2D eigenvalue weighted by Crippen LogP contribution is -2.15. The zero-order valence-electron chi connectivity index (χ0n) is 8.54. The Kier molecular flexibility index (Phi) is 4.40. The fraction of sp³-hybridized carbons (Fsp3) is 0.400. The van der Waals surface area contributed by atoms with E-state index >= 15 is 0 Å². The van der Waals surface area contributed by atoms with E-state index in [2.05, 4.69) is 10.3 Å². The molecule has 0 spiro atoms. The second-order valence-corrected chi connectivity index (χ2v) is 3.28. The van der Waals surface area contributed by atoms with Crippen molar-refractivity contribution in [3.8, 4) is 0 Å². The van der Waals surface area contributed by atoms with Crippen LogP contribution in [-0.2, 0) is 4.79 Å². The molecule has 15 heavy (non-hydrogen) atoms. The number of nitrogens with zero attached hydrogens (tertiary/aromatic N) is 3. The molecule has 0 amide bonds. The van der Waals surface area contributed by atoms with Gasteiger partial charge in [0.25, 0.3) is 0 Å². The van der Waals surface area contributed by atoms with Gasteiger partial charge in [-0.15, -0.1) is 4.91 Å². The highest BCUT2D eigenvalue weighted by Crippen LogP contribution is 2.16. The first-order valence-corrected chi connectivity index (χ1v) is 4.67. The van der Waals surface area contributed by atoms with Crippen molar-refractivity contribution in [3.63, 3.8) is 0 Å². The van der Waals surface area contributed by atoms with Crippen LogP contribution in [0, 0.1) is 4.91 Å². The van der Waals surface area contributed by atoms with Crippen LogP contribution in [0.4, 0.5) is 0 Å². The van der Waals surface area contributed by atoms with E-state index in [0.717, 1.165) is 11.8 Å². The fourth-order valence-electron chi connectivity index (χ4n) is 1.28. The summed E-state index contributed by atoms with van der Waals surface area (Å²) in [7, 11) is 1.58. The largest absolute Gasteiger partial charge is 0.303 e. The van der Waals surface area contributed by atoms with Crippen molar-refractivity contribution in [1.82, 2.24) is 9.99 Å². The number of carbonyl (C=O) groups excluding carboxylic acids is 1. The molecule has 0 aliphatic carbocycles. The second-order valence-electron chi connectivity index (χ2n) is 3.28. The number of rotatable bonds is 6. The van der Waals surface area contributed by atoms with Crippen LogP contribution in [0.1, 0.15) is 17.9 Å². The molecule has 1 aromatic rings. The van der Waals surface area contributed by atoms with Crippen LogP contribution >= 0.6 is 0 Å². The van der Waals surface area contributed by atoms with Crippen molar-refractivity contribution in [3.05, 3.63) is 35.0 Å². The molecule has 1 aromatic heterocycles. The molecule has 0 saturated carbocycles.